The molecule has 0 unspecified atom stereocenters. The van der Waals surface area contributed by atoms with Crippen LogP contribution in [0.2, 0.25) is 5.15 Å². The lowest BCUT2D eigenvalue weighted by molar-refractivity contribution is 0.0166. The number of nitrogens with zero attached hydrogens (tertiary/aromatic N) is 3. The van der Waals surface area contributed by atoms with Gasteiger partial charge in [-0.3, -0.25) is 4.98 Å². The maximum atomic E-state index is 12.1. The van der Waals surface area contributed by atoms with Crippen molar-refractivity contribution >= 4 is 17.7 Å². The number of rotatable bonds is 4. The molecule has 0 saturated carbocycles. The third-order valence-corrected chi connectivity index (χ3v) is 3.93. The van der Waals surface area contributed by atoms with Crippen molar-refractivity contribution in [2.24, 2.45) is 5.92 Å². The Labute approximate surface area is 142 Å². The molecule has 1 saturated heterocycles. The Morgan fingerprint density at radius 2 is 2.17 bits per heavy atom. The van der Waals surface area contributed by atoms with Crippen LogP contribution in [0.1, 0.15) is 39.3 Å². The standard InChI is InChI=1S/C16H25ClN4O2/c1-16(2,3)23-15(22)21-8-4-5-12(11-21)9-18-10-13-14(17)20-7-6-19-13/h6-7,12,18H,4-5,8-11H2,1-3H3/t12-/m0/s1. The van der Waals surface area contributed by atoms with E-state index < -0.39 is 5.60 Å². The number of amides is 1. The molecule has 1 atom stereocenters. The molecule has 0 radical (unpaired) electrons. The van der Waals surface area contributed by atoms with Gasteiger partial charge < -0.3 is 15.0 Å². The van der Waals surface area contributed by atoms with Crippen molar-refractivity contribution in [2.45, 2.75) is 45.8 Å². The zero-order chi connectivity index (χ0) is 16.9. The molecule has 23 heavy (non-hydrogen) atoms. The number of hydrogen-bond acceptors (Lipinski definition) is 5. The number of aromatic nitrogens is 2. The summed E-state index contributed by atoms with van der Waals surface area (Å²) in [5.74, 6) is 0.409. The van der Waals surface area contributed by atoms with E-state index in [9.17, 15) is 4.79 Å². The molecule has 0 spiro atoms. The molecule has 1 aliphatic heterocycles. The van der Waals surface area contributed by atoms with Crippen LogP contribution in [0.5, 0.6) is 0 Å². The average molecular weight is 341 g/mol. The number of piperidine rings is 1. The molecule has 0 aromatic carbocycles. The van der Waals surface area contributed by atoms with Gasteiger partial charge >= 0.3 is 6.09 Å². The van der Waals surface area contributed by atoms with Gasteiger partial charge in [-0.05, 0) is 39.5 Å². The zero-order valence-electron chi connectivity index (χ0n) is 14.0. The lowest BCUT2D eigenvalue weighted by Gasteiger charge is -2.34. The molecule has 1 amide bonds. The fraction of sp³-hybridized carbons (Fsp3) is 0.688. The van der Waals surface area contributed by atoms with Crippen LogP contribution in [0.3, 0.4) is 0 Å². The second-order valence-corrected chi connectivity index (χ2v) is 7.22. The Morgan fingerprint density at radius 1 is 1.43 bits per heavy atom. The Morgan fingerprint density at radius 3 is 2.87 bits per heavy atom. The molecule has 0 aliphatic carbocycles. The number of halogens is 1. The highest BCUT2D eigenvalue weighted by Gasteiger charge is 2.27. The first kappa shape index (κ1) is 17.9. The first-order valence-electron chi connectivity index (χ1n) is 7.99. The lowest BCUT2D eigenvalue weighted by Crippen LogP contribution is -2.45. The molecular weight excluding hydrogens is 316 g/mol. The summed E-state index contributed by atoms with van der Waals surface area (Å²) >= 11 is 5.99. The summed E-state index contributed by atoms with van der Waals surface area (Å²) < 4.78 is 5.45. The Bertz CT molecular complexity index is 533. The molecule has 1 aromatic heterocycles. The van der Waals surface area contributed by atoms with E-state index in [-0.39, 0.29) is 6.09 Å². The monoisotopic (exact) mass is 340 g/mol. The average Bonchev–Trinajstić information content (AvgIpc) is 2.48. The molecule has 0 bridgehead atoms. The molecule has 1 N–H and O–H groups in total. The number of carbonyl (C=O) groups is 1. The molecule has 7 heteroatoms. The fourth-order valence-electron chi connectivity index (χ4n) is 2.59. The predicted molar refractivity (Wildman–Crippen MR) is 89.3 cm³/mol. The highest BCUT2D eigenvalue weighted by atomic mass is 35.5. The van der Waals surface area contributed by atoms with Gasteiger partial charge in [0.2, 0.25) is 0 Å². The van der Waals surface area contributed by atoms with Crippen molar-refractivity contribution in [3.8, 4) is 0 Å². The highest BCUT2D eigenvalue weighted by Crippen LogP contribution is 2.19. The summed E-state index contributed by atoms with van der Waals surface area (Å²) in [7, 11) is 0. The van der Waals surface area contributed by atoms with E-state index in [1.807, 2.05) is 20.8 Å². The van der Waals surface area contributed by atoms with Crippen molar-refractivity contribution in [2.75, 3.05) is 19.6 Å². The SMILES string of the molecule is CC(C)(C)OC(=O)N1CCC[C@@H](CNCc2nccnc2Cl)C1. The van der Waals surface area contributed by atoms with Crippen LogP contribution in [-0.2, 0) is 11.3 Å². The van der Waals surface area contributed by atoms with E-state index >= 15 is 0 Å². The van der Waals surface area contributed by atoms with E-state index in [2.05, 4.69) is 15.3 Å². The Hall–Kier alpha value is -1.40. The number of carbonyl (C=O) groups excluding carboxylic acids is 1. The van der Waals surface area contributed by atoms with Gasteiger partial charge in [0.25, 0.3) is 0 Å². The van der Waals surface area contributed by atoms with Crippen LogP contribution >= 0.6 is 11.6 Å². The van der Waals surface area contributed by atoms with E-state index in [0.717, 1.165) is 38.2 Å². The second kappa shape index (κ2) is 7.93. The zero-order valence-corrected chi connectivity index (χ0v) is 14.8. The highest BCUT2D eigenvalue weighted by molar-refractivity contribution is 6.29. The molecule has 2 rings (SSSR count). The van der Waals surface area contributed by atoms with Crippen LogP contribution in [0, 0.1) is 5.92 Å². The van der Waals surface area contributed by atoms with Crippen LogP contribution in [0.15, 0.2) is 12.4 Å². The molecule has 6 nitrogen and oxygen atoms in total. The molecule has 1 fully saturated rings. The summed E-state index contributed by atoms with van der Waals surface area (Å²) in [6.07, 6.45) is 5.08. The van der Waals surface area contributed by atoms with Gasteiger partial charge in [0, 0.05) is 38.6 Å². The van der Waals surface area contributed by atoms with E-state index in [1.54, 1.807) is 17.3 Å². The minimum absolute atomic E-state index is 0.223. The molecule has 1 aliphatic rings. The Kier molecular flexibility index (Phi) is 6.18. The van der Waals surface area contributed by atoms with Gasteiger partial charge in [0.15, 0.2) is 5.15 Å². The number of hydrogen-bond donors (Lipinski definition) is 1. The Balaban J connectivity index is 1.78. The van der Waals surface area contributed by atoms with Crippen molar-refractivity contribution in [1.29, 1.82) is 0 Å². The van der Waals surface area contributed by atoms with Gasteiger partial charge in [0.1, 0.15) is 5.60 Å². The molecule has 2 heterocycles. The maximum Gasteiger partial charge on any atom is 0.410 e. The summed E-state index contributed by atoms with van der Waals surface area (Å²) in [5.41, 5.74) is 0.291. The summed E-state index contributed by atoms with van der Waals surface area (Å²) in [5, 5.41) is 3.78. The normalized spacial score (nSPS) is 18.8. The minimum Gasteiger partial charge on any atom is -0.444 e. The second-order valence-electron chi connectivity index (χ2n) is 6.86. The van der Waals surface area contributed by atoms with Crippen molar-refractivity contribution in [3.63, 3.8) is 0 Å². The molecule has 128 valence electrons. The maximum absolute atomic E-state index is 12.1. The van der Waals surface area contributed by atoms with Gasteiger partial charge in [-0.15, -0.1) is 0 Å². The van der Waals surface area contributed by atoms with Gasteiger partial charge in [-0.25, -0.2) is 9.78 Å². The first-order valence-corrected chi connectivity index (χ1v) is 8.37. The fourth-order valence-corrected chi connectivity index (χ4v) is 2.76. The van der Waals surface area contributed by atoms with Crippen LogP contribution < -0.4 is 5.32 Å². The summed E-state index contributed by atoms with van der Waals surface area (Å²) in [4.78, 5) is 22.2. The third-order valence-electron chi connectivity index (χ3n) is 3.62. The van der Waals surface area contributed by atoms with Crippen LogP contribution in [0.25, 0.3) is 0 Å². The smallest absolute Gasteiger partial charge is 0.410 e. The number of nitrogens with one attached hydrogen (secondary N) is 1. The number of ether oxygens (including phenoxy) is 1. The third kappa shape index (κ3) is 5.95. The van der Waals surface area contributed by atoms with Gasteiger partial charge in [-0.2, -0.15) is 0 Å². The van der Waals surface area contributed by atoms with Gasteiger partial charge in [-0.1, -0.05) is 11.6 Å². The topological polar surface area (TPSA) is 67.3 Å². The van der Waals surface area contributed by atoms with Crippen molar-refractivity contribution in [3.05, 3.63) is 23.2 Å². The van der Waals surface area contributed by atoms with Crippen LogP contribution in [-0.4, -0.2) is 46.2 Å². The molecule has 1 aromatic rings. The largest absolute Gasteiger partial charge is 0.444 e. The lowest BCUT2D eigenvalue weighted by atomic mass is 9.98. The number of likely N-dealkylation sites (tertiary alicyclic amines) is 1. The quantitative estimate of drug-likeness (QED) is 0.912. The molecular formula is C16H25ClN4O2. The van der Waals surface area contributed by atoms with Gasteiger partial charge in [0.05, 0.1) is 5.69 Å². The van der Waals surface area contributed by atoms with Crippen molar-refractivity contribution in [1.82, 2.24) is 20.2 Å². The van der Waals surface area contributed by atoms with E-state index in [0.29, 0.717) is 17.6 Å². The van der Waals surface area contributed by atoms with Crippen LogP contribution in [0.4, 0.5) is 4.79 Å². The van der Waals surface area contributed by atoms with E-state index in [4.69, 9.17) is 16.3 Å². The minimum atomic E-state index is -0.453. The first-order chi connectivity index (χ1) is 10.8. The van der Waals surface area contributed by atoms with Crippen molar-refractivity contribution < 1.29 is 9.53 Å². The predicted octanol–water partition coefficient (Wildman–Crippen LogP) is 2.87. The van der Waals surface area contributed by atoms with E-state index in [1.165, 1.54) is 0 Å². The summed E-state index contributed by atoms with van der Waals surface area (Å²) in [6, 6.07) is 0. The summed E-state index contributed by atoms with van der Waals surface area (Å²) in [6.45, 7) is 8.54.